The first kappa shape index (κ1) is 22.4. The van der Waals surface area contributed by atoms with E-state index in [1.807, 2.05) is 16.5 Å². The van der Waals surface area contributed by atoms with Crippen LogP contribution in [0.4, 0.5) is 5.82 Å². The van der Waals surface area contributed by atoms with Gasteiger partial charge in [-0.2, -0.15) is 5.10 Å². The second-order valence-corrected chi connectivity index (χ2v) is 10.6. The first-order valence-corrected chi connectivity index (χ1v) is 13.4. The Labute approximate surface area is 207 Å². The molecular formula is C24H30N8O2S. The minimum atomic E-state index is -0.0939. The summed E-state index contributed by atoms with van der Waals surface area (Å²) in [5.74, 6) is 1.47. The van der Waals surface area contributed by atoms with Gasteiger partial charge < -0.3 is 20.9 Å². The van der Waals surface area contributed by atoms with Gasteiger partial charge in [0.1, 0.15) is 16.3 Å². The molecule has 11 heteroatoms. The van der Waals surface area contributed by atoms with E-state index in [4.69, 9.17) is 9.97 Å². The van der Waals surface area contributed by atoms with E-state index in [9.17, 15) is 9.59 Å². The average molecular weight is 495 g/mol. The summed E-state index contributed by atoms with van der Waals surface area (Å²) < 4.78 is 1.80. The Kier molecular flexibility index (Phi) is 6.11. The number of nitrogens with one attached hydrogen (secondary N) is 3. The number of nitrogens with zero attached hydrogens (tertiary/aromatic N) is 5. The maximum Gasteiger partial charge on any atom is 0.272 e. The van der Waals surface area contributed by atoms with Crippen molar-refractivity contribution in [3.63, 3.8) is 0 Å². The molecule has 2 saturated heterocycles. The van der Waals surface area contributed by atoms with E-state index in [2.05, 4.69) is 21.0 Å². The SMILES string of the molecule is O=C(NC1CCN(C(=O)c2cc(NC3CCNCC3)nc(-c3cnn4ccsc34)n2)CC1)C1CC1. The van der Waals surface area contributed by atoms with Crippen LogP contribution < -0.4 is 16.0 Å². The third-order valence-corrected chi connectivity index (χ3v) is 7.97. The largest absolute Gasteiger partial charge is 0.367 e. The molecule has 0 spiro atoms. The zero-order chi connectivity index (χ0) is 23.8. The van der Waals surface area contributed by atoms with Gasteiger partial charge in [-0.3, -0.25) is 9.59 Å². The van der Waals surface area contributed by atoms with E-state index in [-0.39, 0.29) is 23.8 Å². The average Bonchev–Trinajstić information content (AvgIpc) is 3.50. The van der Waals surface area contributed by atoms with Crippen LogP contribution in [-0.4, -0.2) is 74.6 Å². The summed E-state index contributed by atoms with van der Waals surface area (Å²) in [6.07, 6.45) is 9.21. The van der Waals surface area contributed by atoms with Crippen molar-refractivity contribution in [2.45, 2.75) is 50.6 Å². The molecule has 5 heterocycles. The lowest BCUT2D eigenvalue weighted by atomic mass is 10.0. The molecule has 0 bridgehead atoms. The molecule has 10 nitrogen and oxygen atoms in total. The third-order valence-electron chi connectivity index (χ3n) is 7.09. The number of hydrogen-bond donors (Lipinski definition) is 3. The van der Waals surface area contributed by atoms with Crippen molar-refractivity contribution in [2.24, 2.45) is 5.92 Å². The number of rotatable bonds is 6. The van der Waals surface area contributed by atoms with Gasteiger partial charge in [-0.25, -0.2) is 14.5 Å². The van der Waals surface area contributed by atoms with Crippen molar-refractivity contribution in [2.75, 3.05) is 31.5 Å². The van der Waals surface area contributed by atoms with Crippen LogP contribution in [-0.2, 0) is 4.79 Å². The standard InChI is InChI=1S/C24H30N8O2S/c33-22(15-1-2-15)28-17-5-9-31(10-6-17)23(34)19-13-20(27-16-3-7-25-8-4-16)30-21(29-19)18-14-26-32-11-12-35-24(18)32/h11-17,25H,1-10H2,(H,28,33)(H,27,29,30). The number of piperidine rings is 2. The van der Waals surface area contributed by atoms with Crippen LogP contribution in [0.2, 0.25) is 0 Å². The number of likely N-dealkylation sites (tertiary alicyclic amines) is 1. The van der Waals surface area contributed by atoms with Crippen molar-refractivity contribution >= 4 is 33.8 Å². The quantitative estimate of drug-likeness (QED) is 0.481. The molecule has 0 atom stereocenters. The van der Waals surface area contributed by atoms with Crippen LogP contribution in [0.25, 0.3) is 16.2 Å². The van der Waals surface area contributed by atoms with Gasteiger partial charge in [-0.15, -0.1) is 11.3 Å². The van der Waals surface area contributed by atoms with Crippen LogP contribution in [0.3, 0.4) is 0 Å². The number of anilines is 1. The summed E-state index contributed by atoms with van der Waals surface area (Å²) in [5.41, 5.74) is 1.22. The van der Waals surface area contributed by atoms with E-state index in [1.54, 1.807) is 28.1 Å². The summed E-state index contributed by atoms with van der Waals surface area (Å²) in [6.45, 7) is 3.14. The Bertz CT molecular complexity index is 1220. The Morgan fingerprint density at radius 2 is 1.83 bits per heavy atom. The van der Waals surface area contributed by atoms with Crippen molar-refractivity contribution in [1.29, 1.82) is 0 Å². The molecule has 1 aliphatic carbocycles. The minimum Gasteiger partial charge on any atom is -0.367 e. The minimum absolute atomic E-state index is 0.0939. The molecule has 3 aromatic rings. The fourth-order valence-electron chi connectivity index (χ4n) is 4.86. The highest BCUT2D eigenvalue weighted by Crippen LogP contribution is 2.30. The number of thiazole rings is 1. The van der Waals surface area contributed by atoms with Crippen LogP contribution in [0.5, 0.6) is 0 Å². The molecule has 6 rings (SSSR count). The summed E-state index contributed by atoms with van der Waals surface area (Å²) in [5, 5.41) is 16.4. The van der Waals surface area contributed by atoms with Gasteiger partial charge in [-0.05, 0) is 51.6 Å². The zero-order valence-electron chi connectivity index (χ0n) is 19.6. The van der Waals surface area contributed by atoms with Crippen molar-refractivity contribution in [3.8, 4) is 11.4 Å². The summed E-state index contributed by atoms with van der Waals surface area (Å²) in [7, 11) is 0. The maximum atomic E-state index is 13.5. The molecule has 2 amide bonds. The number of aromatic nitrogens is 4. The summed E-state index contributed by atoms with van der Waals surface area (Å²) in [6, 6.07) is 2.23. The summed E-state index contributed by atoms with van der Waals surface area (Å²) in [4.78, 5) is 37.9. The highest BCUT2D eigenvalue weighted by atomic mass is 32.1. The molecule has 0 radical (unpaired) electrons. The molecule has 3 fully saturated rings. The number of carbonyl (C=O) groups is 2. The Balaban J connectivity index is 1.22. The number of carbonyl (C=O) groups excluding carboxylic acids is 2. The van der Waals surface area contributed by atoms with Gasteiger partial charge in [0.05, 0.1) is 11.8 Å². The third kappa shape index (κ3) is 4.87. The predicted octanol–water partition coefficient (Wildman–Crippen LogP) is 2.15. The lowest BCUT2D eigenvalue weighted by Crippen LogP contribution is -2.47. The number of fused-ring (bicyclic) bond motifs is 1. The Morgan fingerprint density at radius 3 is 2.60 bits per heavy atom. The van der Waals surface area contributed by atoms with Gasteiger partial charge in [0.2, 0.25) is 5.91 Å². The second kappa shape index (κ2) is 9.54. The molecule has 2 aliphatic heterocycles. The van der Waals surface area contributed by atoms with E-state index >= 15 is 0 Å². The smallest absolute Gasteiger partial charge is 0.272 e. The van der Waals surface area contributed by atoms with Gasteiger partial charge in [-0.1, -0.05) is 0 Å². The molecule has 1 saturated carbocycles. The van der Waals surface area contributed by atoms with Crippen LogP contribution in [0, 0.1) is 5.92 Å². The van der Waals surface area contributed by atoms with Crippen molar-refractivity contribution in [1.82, 2.24) is 35.1 Å². The van der Waals surface area contributed by atoms with Gasteiger partial charge in [0, 0.05) is 48.7 Å². The topological polar surface area (TPSA) is 117 Å². The van der Waals surface area contributed by atoms with E-state index < -0.39 is 0 Å². The predicted molar refractivity (Wildman–Crippen MR) is 133 cm³/mol. The maximum absolute atomic E-state index is 13.5. The second-order valence-electron chi connectivity index (χ2n) is 9.69. The Morgan fingerprint density at radius 1 is 1.03 bits per heavy atom. The highest BCUT2D eigenvalue weighted by Gasteiger charge is 2.32. The molecule has 3 aromatic heterocycles. The Hall–Kier alpha value is -3.05. The highest BCUT2D eigenvalue weighted by molar-refractivity contribution is 7.16. The zero-order valence-corrected chi connectivity index (χ0v) is 20.4. The van der Waals surface area contributed by atoms with Gasteiger partial charge in [0.25, 0.3) is 5.91 Å². The molecule has 35 heavy (non-hydrogen) atoms. The number of amides is 2. The molecule has 0 unspecified atom stereocenters. The molecular weight excluding hydrogens is 464 g/mol. The molecule has 184 valence electrons. The van der Waals surface area contributed by atoms with Gasteiger partial charge in [0.15, 0.2) is 5.82 Å². The molecule has 0 aromatic carbocycles. The van der Waals surface area contributed by atoms with Crippen LogP contribution >= 0.6 is 11.3 Å². The van der Waals surface area contributed by atoms with E-state index in [1.165, 1.54) is 0 Å². The van der Waals surface area contributed by atoms with Crippen molar-refractivity contribution in [3.05, 3.63) is 29.5 Å². The van der Waals surface area contributed by atoms with Crippen molar-refractivity contribution < 1.29 is 9.59 Å². The lowest BCUT2D eigenvalue weighted by molar-refractivity contribution is -0.123. The fraction of sp³-hybridized carbons (Fsp3) is 0.542. The van der Waals surface area contributed by atoms with E-state index in [0.717, 1.165) is 62.0 Å². The van der Waals surface area contributed by atoms with Gasteiger partial charge >= 0.3 is 0 Å². The normalized spacial score (nSPS) is 19.7. The van der Waals surface area contributed by atoms with Crippen LogP contribution in [0.15, 0.2) is 23.8 Å². The monoisotopic (exact) mass is 494 g/mol. The lowest BCUT2D eigenvalue weighted by Gasteiger charge is -2.32. The first-order chi connectivity index (χ1) is 17.1. The van der Waals surface area contributed by atoms with E-state index in [0.29, 0.717) is 36.5 Å². The molecule has 3 N–H and O–H groups in total. The summed E-state index contributed by atoms with van der Waals surface area (Å²) >= 11 is 1.57. The molecule has 3 aliphatic rings. The number of hydrogen-bond acceptors (Lipinski definition) is 8. The fourth-order valence-corrected chi connectivity index (χ4v) is 5.65. The van der Waals surface area contributed by atoms with Crippen LogP contribution in [0.1, 0.15) is 49.0 Å². The first-order valence-electron chi connectivity index (χ1n) is 12.5.